The third kappa shape index (κ3) is 3.57. The zero-order chi connectivity index (χ0) is 15.6. The van der Waals surface area contributed by atoms with Crippen molar-refractivity contribution in [2.24, 2.45) is 0 Å². The first kappa shape index (κ1) is 15.3. The van der Waals surface area contributed by atoms with Crippen molar-refractivity contribution in [3.63, 3.8) is 0 Å². The number of rotatable bonds is 5. The molecule has 0 aliphatic carbocycles. The van der Waals surface area contributed by atoms with E-state index in [9.17, 15) is 8.42 Å². The van der Waals surface area contributed by atoms with Crippen molar-refractivity contribution in [1.29, 1.82) is 0 Å². The molecule has 2 heterocycles. The van der Waals surface area contributed by atoms with Gasteiger partial charge >= 0.3 is 0 Å². The van der Waals surface area contributed by atoms with Crippen LogP contribution < -0.4 is 4.72 Å². The molecular formula is C14H12BrN3O2S2. The second-order valence-electron chi connectivity index (χ2n) is 4.59. The molecule has 8 heteroatoms. The van der Waals surface area contributed by atoms with Crippen LogP contribution in [0.5, 0.6) is 0 Å². The van der Waals surface area contributed by atoms with Crippen molar-refractivity contribution < 1.29 is 8.42 Å². The maximum atomic E-state index is 12.1. The Balaban J connectivity index is 1.73. The number of hydrogen-bond acceptors (Lipinski definition) is 4. The molecule has 1 aromatic carbocycles. The molecule has 0 saturated heterocycles. The molecule has 114 valence electrons. The van der Waals surface area contributed by atoms with Gasteiger partial charge in [-0.2, -0.15) is 5.10 Å². The van der Waals surface area contributed by atoms with Gasteiger partial charge in [0, 0.05) is 10.7 Å². The zero-order valence-corrected chi connectivity index (χ0v) is 14.5. The third-order valence-electron chi connectivity index (χ3n) is 2.90. The predicted molar refractivity (Wildman–Crippen MR) is 90.6 cm³/mol. The van der Waals surface area contributed by atoms with Crippen LogP contribution >= 0.6 is 27.3 Å². The van der Waals surface area contributed by atoms with Crippen molar-refractivity contribution in [2.75, 3.05) is 4.72 Å². The van der Waals surface area contributed by atoms with Crippen LogP contribution in [0.25, 0.3) is 0 Å². The van der Waals surface area contributed by atoms with E-state index in [1.54, 1.807) is 28.4 Å². The molecule has 0 amide bonds. The number of aromatic nitrogens is 2. The maximum absolute atomic E-state index is 12.1. The minimum atomic E-state index is -3.53. The Morgan fingerprint density at radius 3 is 2.68 bits per heavy atom. The Morgan fingerprint density at radius 2 is 2.00 bits per heavy atom. The van der Waals surface area contributed by atoms with E-state index in [-0.39, 0.29) is 4.21 Å². The lowest BCUT2D eigenvalue weighted by Gasteiger charge is -2.03. The summed E-state index contributed by atoms with van der Waals surface area (Å²) < 4.78 is 29.8. The summed E-state index contributed by atoms with van der Waals surface area (Å²) in [6.45, 7) is 0.577. The van der Waals surface area contributed by atoms with Gasteiger partial charge in [0.15, 0.2) is 0 Å². The standard InChI is InChI=1S/C14H12BrN3O2S2/c15-12-5-3-11(4-6-12)9-18-10-13(8-16-18)17-22(19,20)14-2-1-7-21-14/h1-8,10,17H,9H2. The van der Waals surface area contributed by atoms with Gasteiger partial charge in [-0.05, 0) is 29.1 Å². The highest BCUT2D eigenvalue weighted by Gasteiger charge is 2.15. The van der Waals surface area contributed by atoms with Crippen LogP contribution in [0.15, 0.2) is 62.9 Å². The fourth-order valence-electron chi connectivity index (χ4n) is 1.90. The lowest BCUT2D eigenvalue weighted by molar-refractivity contribution is 0.603. The predicted octanol–water partition coefficient (Wildman–Crippen LogP) is 3.56. The molecule has 0 atom stereocenters. The molecule has 2 aromatic heterocycles. The average molecular weight is 398 g/mol. The van der Waals surface area contributed by atoms with Crippen LogP contribution in [0.2, 0.25) is 0 Å². The Hall–Kier alpha value is -1.64. The summed E-state index contributed by atoms with van der Waals surface area (Å²) in [5, 5.41) is 5.91. The number of nitrogens with zero attached hydrogens (tertiary/aromatic N) is 2. The van der Waals surface area contributed by atoms with E-state index in [2.05, 4.69) is 25.8 Å². The molecule has 5 nitrogen and oxygen atoms in total. The van der Waals surface area contributed by atoms with Gasteiger partial charge in [-0.25, -0.2) is 8.42 Å². The second kappa shape index (κ2) is 6.23. The number of anilines is 1. The van der Waals surface area contributed by atoms with Crippen molar-refractivity contribution >= 4 is 43.0 Å². The van der Waals surface area contributed by atoms with Gasteiger partial charge in [-0.1, -0.05) is 34.1 Å². The van der Waals surface area contributed by atoms with E-state index < -0.39 is 10.0 Å². The van der Waals surface area contributed by atoms with E-state index in [4.69, 9.17) is 0 Å². The summed E-state index contributed by atoms with van der Waals surface area (Å²) in [7, 11) is -3.53. The van der Waals surface area contributed by atoms with Gasteiger partial charge < -0.3 is 0 Å². The Bertz CT molecular complexity index is 856. The highest BCUT2D eigenvalue weighted by Crippen LogP contribution is 2.20. The van der Waals surface area contributed by atoms with Crippen LogP contribution in [0.1, 0.15) is 5.56 Å². The molecule has 0 spiro atoms. The summed E-state index contributed by atoms with van der Waals surface area (Å²) in [6.07, 6.45) is 3.18. The van der Waals surface area contributed by atoms with Crippen LogP contribution in [0.3, 0.4) is 0 Å². The van der Waals surface area contributed by atoms with E-state index in [0.29, 0.717) is 12.2 Å². The van der Waals surface area contributed by atoms with Crippen LogP contribution in [-0.2, 0) is 16.6 Å². The van der Waals surface area contributed by atoms with Crippen molar-refractivity contribution in [1.82, 2.24) is 9.78 Å². The normalized spacial score (nSPS) is 11.5. The fraction of sp³-hybridized carbons (Fsp3) is 0.0714. The van der Waals surface area contributed by atoms with Crippen LogP contribution in [-0.4, -0.2) is 18.2 Å². The first-order valence-electron chi connectivity index (χ1n) is 6.36. The maximum Gasteiger partial charge on any atom is 0.271 e. The van der Waals surface area contributed by atoms with E-state index in [1.807, 2.05) is 24.3 Å². The summed E-state index contributed by atoms with van der Waals surface area (Å²) in [5.41, 5.74) is 1.53. The molecule has 3 rings (SSSR count). The van der Waals surface area contributed by atoms with Crippen molar-refractivity contribution in [3.8, 4) is 0 Å². The quantitative estimate of drug-likeness (QED) is 0.715. The summed E-state index contributed by atoms with van der Waals surface area (Å²) in [6, 6.07) is 11.2. The van der Waals surface area contributed by atoms with Crippen LogP contribution in [0.4, 0.5) is 5.69 Å². The topological polar surface area (TPSA) is 64.0 Å². The van der Waals surface area contributed by atoms with Gasteiger partial charge in [0.2, 0.25) is 0 Å². The highest BCUT2D eigenvalue weighted by atomic mass is 79.9. The lowest BCUT2D eigenvalue weighted by Crippen LogP contribution is -2.10. The third-order valence-corrected chi connectivity index (χ3v) is 6.21. The Labute approximate surface area is 140 Å². The van der Waals surface area contributed by atoms with E-state index >= 15 is 0 Å². The first-order chi connectivity index (χ1) is 10.5. The number of halogens is 1. The smallest absolute Gasteiger partial charge is 0.271 e. The Morgan fingerprint density at radius 1 is 1.23 bits per heavy atom. The molecule has 0 bridgehead atoms. The number of nitrogens with one attached hydrogen (secondary N) is 1. The zero-order valence-electron chi connectivity index (χ0n) is 11.3. The molecule has 0 aliphatic rings. The minimum Gasteiger partial charge on any atom is -0.276 e. The second-order valence-corrected chi connectivity index (χ2v) is 8.36. The lowest BCUT2D eigenvalue weighted by atomic mass is 10.2. The highest BCUT2D eigenvalue weighted by molar-refractivity contribution is 9.10. The first-order valence-corrected chi connectivity index (χ1v) is 9.52. The fourth-order valence-corrected chi connectivity index (χ4v) is 4.19. The van der Waals surface area contributed by atoms with Crippen molar-refractivity contribution in [3.05, 3.63) is 64.2 Å². The molecule has 1 N–H and O–H groups in total. The number of sulfonamides is 1. The largest absolute Gasteiger partial charge is 0.276 e. The van der Waals surface area contributed by atoms with E-state index in [1.165, 1.54) is 17.5 Å². The monoisotopic (exact) mass is 397 g/mol. The molecule has 3 aromatic rings. The summed E-state index contributed by atoms with van der Waals surface area (Å²) >= 11 is 4.57. The Kier molecular flexibility index (Phi) is 4.32. The molecule has 0 unspecified atom stereocenters. The molecular weight excluding hydrogens is 386 g/mol. The molecule has 22 heavy (non-hydrogen) atoms. The SMILES string of the molecule is O=S(=O)(Nc1cnn(Cc2ccc(Br)cc2)c1)c1cccs1. The minimum absolute atomic E-state index is 0.285. The van der Waals surface area contributed by atoms with E-state index in [0.717, 1.165) is 10.0 Å². The van der Waals surface area contributed by atoms with Gasteiger partial charge in [0.1, 0.15) is 4.21 Å². The average Bonchev–Trinajstić information content (AvgIpc) is 3.13. The number of hydrogen-bond donors (Lipinski definition) is 1. The van der Waals surface area contributed by atoms with Crippen molar-refractivity contribution in [2.45, 2.75) is 10.8 Å². The van der Waals surface area contributed by atoms with Crippen LogP contribution in [0, 0.1) is 0 Å². The number of thiophene rings is 1. The molecule has 0 aliphatic heterocycles. The summed E-state index contributed by atoms with van der Waals surface area (Å²) in [4.78, 5) is 0. The van der Waals surface area contributed by atoms with Gasteiger partial charge in [-0.15, -0.1) is 11.3 Å². The van der Waals surface area contributed by atoms with Gasteiger partial charge in [-0.3, -0.25) is 9.40 Å². The molecule has 0 radical (unpaired) electrons. The molecule has 0 saturated carbocycles. The van der Waals surface area contributed by atoms with Gasteiger partial charge in [0.25, 0.3) is 10.0 Å². The van der Waals surface area contributed by atoms with Gasteiger partial charge in [0.05, 0.1) is 18.4 Å². The molecule has 0 fully saturated rings. The summed E-state index contributed by atoms with van der Waals surface area (Å²) in [5.74, 6) is 0. The number of benzene rings is 1.